The molecule has 192 valence electrons. The van der Waals surface area contributed by atoms with Crippen LogP contribution in [0.3, 0.4) is 0 Å². The number of amides is 2. The minimum Gasteiger partial charge on any atom is -0.453 e. The molecule has 2 N–H and O–H groups in total. The van der Waals surface area contributed by atoms with Gasteiger partial charge in [-0.15, -0.1) is 0 Å². The van der Waals surface area contributed by atoms with Gasteiger partial charge in [-0.05, 0) is 55.0 Å². The van der Waals surface area contributed by atoms with Crippen LogP contribution in [0, 0.1) is 24.1 Å². The maximum Gasteiger partial charge on any atom is 0.264 e. The fourth-order valence-corrected chi connectivity index (χ4v) is 4.75. The number of benzene rings is 3. The van der Waals surface area contributed by atoms with Crippen LogP contribution < -0.4 is 14.8 Å². The molecule has 3 aromatic rings. The highest BCUT2D eigenvalue weighted by atomic mass is 35.5. The summed E-state index contributed by atoms with van der Waals surface area (Å²) in [5, 5.41) is 11.9. The topological polar surface area (TPSA) is 125 Å². The molecule has 2 amide bonds. The molecule has 0 aliphatic carbocycles. The van der Waals surface area contributed by atoms with E-state index in [-0.39, 0.29) is 50.4 Å². The Bertz CT molecular complexity index is 1540. The predicted octanol–water partition coefficient (Wildman–Crippen LogP) is 5.50. The fourth-order valence-electron chi connectivity index (χ4n) is 3.20. The first-order chi connectivity index (χ1) is 17.4. The van der Waals surface area contributed by atoms with E-state index in [1.54, 1.807) is 6.92 Å². The van der Waals surface area contributed by atoms with Crippen LogP contribution in [0.25, 0.3) is 0 Å². The molecule has 0 saturated heterocycles. The Balaban J connectivity index is 1.78. The molecule has 0 fully saturated rings. The number of hydrogen-bond acceptors (Lipinski definition) is 6. The average Bonchev–Trinajstić information content (AvgIpc) is 2.84. The summed E-state index contributed by atoms with van der Waals surface area (Å²) in [6, 6.07) is 12.7. The number of carbonyl (C=O) groups excluding carboxylic acids is 2. The number of nitriles is 1. The van der Waals surface area contributed by atoms with E-state index >= 15 is 4.39 Å². The number of aryl methyl sites for hydroxylation is 1. The molecule has 0 bridgehead atoms. The van der Waals surface area contributed by atoms with Crippen molar-refractivity contribution in [3.8, 4) is 17.6 Å². The molecular formula is C25H20Cl2FN3O5S. The minimum atomic E-state index is -4.05. The highest BCUT2D eigenvalue weighted by Crippen LogP contribution is 2.35. The molecule has 12 heteroatoms. The number of nitrogens with one attached hydrogen (secondary N) is 2. The zero-order valence-corrected chi connectivity index (χ0v) is 21.9. The van der Waals surface area contributed by atoms with Crippen molar-refractivity contribution in [2.45, 2.75) is 31.6 Å². The second-order valence-electron chi connectivity index (χ2n) is 7.82. The molecular weight excluding hydrogens is 544 g/mol. The van der Waals surface area contributed by atoms with Crippen molar-refractivity contribution in [3.05, 3.63) is 81.1 Å². The molecule has 37 heavy (non-hydrogen) atoms. The van der Waals surface area contributed by atoms with Crippen LogP contribution >= 0.6 is 23.2 Å². The van der Waals surface area contributed by atoms with Crippen LogP contribution in [0.15, 0.2) is 53.4 Å². The molecule has 0 aromatic heterocycles. The molecule has 0 heterocycles. The number of sulfonamides is 1. The first kappa shape index (κ1) is 27.9. The van der Waals surface area contributed by atoms with E-state index in [4.69, 9.17) is 33.2 Å². The summed E-state index contributed by atoms with van der Waals surface area (Å²) in [7, 11) is -4.05. The fraction of sp³-hybridized carbons (Fsp3) is 0.160. The van der Waals surface area contributed by atoms with E-state index in [1.807, 2.05) is 10.8 Å². The van der Waals surface area contributed by atoms with Gasteiger partial charge in [-0.3, -0.25) is 9.59 Å². The molecule has 0 saturated carbocycles. The Morgan fingerprint density at radius 2 is 1.81 bits per heavy atom. The number of nitrogens with zero attached hydrogens (tertiary/aromatic N) is 1. The molecule has 3 aromatic carbocycles. The molecule has 3 rings (SSSR count). The van der Waals surface area contributed by atoms with Crippen LogP contribution in [-0.4, -0.2) is 20.2 Å². The van der Waals surface area contributed by atoms with Crippen molar-refractivity contribution < 1.29 is 27.1 Å². The van der Waals surface area contributed by atoms with Crippen LogP contribution in [-0.2, 0) is 26.0 Å². The van der Waals surface area contributed by atoms with E-state index in [9.17, 15) is 18.0 Å². The molecule has 8 nitrogen and oxygen atoms in total. The van der Waals surface area contributed by atoms with Crippen LogP contribution in [0.2, 0.25) is 10.0 Å². The van der Waals surface area contributed by atoms with Crippen molar-refractivity contribution in [1.29, 1.82) is 5.26 Å². The van der Waals surface area contributed by atoms with Crippen molar-refractivity contribution in [2.75, 3.05) is 5.32 Å². The second kappa shape index (κ2) is 11.6. The highest BCUT2D eigenvalue weighted by Gasteiger charge is 2.20. The summed E-state index contributed by atoms with van der Waals surface area (Å²) >= 11 is 12.1. The number of carbonyl (C=O) groups is 2. The van der Waals surface area contributed by atoms with Crippen molar-refractivity contribution in [2.24, 2.45) is 0 Å². The maximum absolute atomic E-state index is 15.2. The minimum absolute atomic E-state index is 0.000362. The van der Waals surface area contributed by atoms with Crippen LogP contribution in [0.5, 0.6) is 11.5 Å². The van der Waals surface area contributed by atoms with Gasteiger partial charge in [0.05, 0.1) is 28.0 Å². The predicted molar refractivity (Wildman–Crippen MR) is 137 cm³/mol. The quantitative estimate of drug-likeness (QED) is 0.372. The van der Waals surface area contributed by atoms with Gasteiger partial charge in [0.1, 0.15) is 5.75 Å². The number of hydrogen-bond donors (Lipinski definition) is 2. The van der Waals surface area contributed by atoms with Crippen molar-refractivity contribution in [3.63, 3.8) is 0 Å². The van der Waals surface area contributed by atoms with E-state index in [1.165, 1.54) is 55.5 Å². The number of halogens is 3. The third kappa shape index (κ3) is 6.98. The van der Waals surface area contributed by atoms with E-state index < -0.39 is 27.7 Å². The molecule has 0 aliphatic rings. The van der Waals surface area contributed by atoms with Crippen molar-refractivity contribution >= 4 is 50.7 Å². The van der Waals surface area contributed by atoms with Gasteiger partial charge in [0.15, 0.2) is 11.6 Å². The van der Waals surface area contributed by atoms with Gasteiger partial charge in [-0.25, -0.2) is 17.5 Å². The molecule has 0 atom stereocenters. The van der Waals surface area contributed by atoms with Gasteiger partial charge >= 0.3 is 0 Å². The summed E-state index contributed by atoms with van der Waals surface area (Å²) in [6.07, 6.45) is -0.384. The zero-order valence-electron chi connectivity index (χ0n) is 19.6. The van der Waals surface area contributed by atoms with E-state index in [0.717, 1.165) is 0 Å². The molecule has 0 unspecified atom stereocenters. The van der Waals surface area contributed by atoms with Crippen molar-refractivity contribution in [1.82, 2.24) is 4.72 Å². The standard InChI is InChI=1S/C25H20Cl2FN3O5S/c1-3-22(32)31-37(34,35)19-5-7-21(14(2)8-19)30-23(33)11-16-4-6-20(27)25(24(16)28)36-18-10-15(13-29)9-17(26)12-18/h4-10,12H,3,11H2,1-2H3,(H,30,33)(H,31,32). The first-order valence-electron chi connectivity index (χ1n) is 10.7. The average molecular weight is 564 g/mol. The number of ether oxygens (including phenoxy) is 1. The number of anilines is 1. The van der Waals surface area contributed by atoms with Crippen LogP contribution in [0.1, 0.15) is 30.0 Å². The lowest BCUT2D eigenvalue weighted by Gasteiger charge is -2.14. The molecule has 0 radical (unpaired) electrons. The number of rotatable bonds is 8. The summed E-state index contributed by atoms with van der Waals surface area (Å²) < 4.78 is 47.3. The normalized spacial score (nSPS) is 10.9. The Kier molecular flexibility index (Phi) is 8.76. The summed E-state index contributed by atoms with van der Waals surface area (Å²) in [5.41, 5.74) is 0.907. The largest absolute Gasteiger partial charge is 0.453 e. The van der Waals surface area contributed by atoms with Gasteiger partial charge < -0.3 is 10.1 Å². The third-order valence-corrected chi connectivity index (χ3v) is 6.94. The van der Waals surface area contributed by atoms with Gasteiger partial charge in [0, 0.05) is 22.7 Å². The van der Waals surface area contributed by atoms with Gasteiger partial charge in [-0.1, -0.05) is 36.2 Å². The Labute approximate surface area is 223 Å². The van der Waals surface area contributed by atoms with Gasteiger partial charge in [0.25, 0.3) is 10.0 Å². The Hall–Kier alpha value is -3.65. The second-order valence-corrected chi connectivity index (χ2v) is 10.3. The van der Waals surface area contributed by atoms with E-state index in [2.05, 4.69) is 5.32 Å². The summed E-state index contributed by atoms with van der Waals surface area (Å²) in [5.74, 6) is -2.35. The zero-order chi connectivity index (χ0) is 27.3. The maximum atomic E-state index is 15.2. The first-order valence-corrected chi connectivity index (χ1v) is 13.0. The lowest BCUT2D eigenvalue weighted by Crippen LogP contribution is -2.29. The SMILES string of the molecule is CCC(=O)NS(=O)(=O)c1ccc(NC(=O)Cc2ccc(Cl)c(Oc3cc(Cl)cc(C#N)c3)c2F)c(C)c1. The Morgan fingerprint density at radius 3 is 2.46 bits per heavy atom. The summed E-state index contributed by atoms with van der Waals surface area (Å²) in [4.78, 5) is 24.0. The highest BCUT2D eigenvalue weighted by molar-refractivity contribution is 7.90. The van der Waals surface area contributed by atoms with E-state index in [0.29, 0.717) is 11.3 Å². The third-order valence-electron chi connectivity index (χ3n) is 5.05. The lowest BCUT2D eigenvalue weighted by molar-refractivity contribution is -0.119. The lowest BCUT2D eigenvalue weighted by atomic mass is 10.1. The summed E-state index contributed by atoms with van der Waals surface area (Å²) in [6.45, 7) is 3.10. The molecule has 0 spiro atoms. The van der Waals surface area contributed by atoms with Crippen LogP contribution in [0.4, 0.5) is 10.1 Å². The smallest absolute Gasteiger partial charge is 0.264 e. The Morgan fingerprint density at radius 1 is 1.08 bits per heavy atom. The van der Waals surface area contributed by atoms with Gasteiger partial charge in [0.2, 0.25) is 11.8 Å². The monoisotopic (exact) mass is 563 g/mol. The molecule has 0 aliphatic heterocycles. The van der Waals surface area contributed by atoms with Gasteiger partial charge in [-0.2, -0.15) is 5.26 Å².